The van der Waals surface area contributed by atoms with Crippen LogP contribution in [-0.4, -0.2) is 39.0 Å². The molecule has 0 aliphatic carbocycles. The lowest BCUT2D eigenvalue weighted by atomic mass is 10.1. The largest absolute Gasteiger partial charge is 0.474 e. The van der Waals surface area contributed by atoms with Crippen molar-refractivity contribution in [2.75, 3.05) is 11.6 Å². The van der Waals surface area contributed by atoms with Crippen LogP contribution in [0.5, 0.6) is 0 Å². The van der Waals surface area contributed by atoms with Crippen LogP contribution in [0.1, 0.15) is 21.6 Å². The Morgan fingerprint density at radius 3 is 2.65 bits per heavy atom. The molecular formula is C20H13BrClF3N6O2S. The molecule has 0 bridgehead atoms. The Bertz CT molecular complexity index is 1380. The van der Waals surface area contributed by atoms with Gasteiger partial charge in [-0.1, -0.05) is 22.3 Å². The number of carbonyl (C=O) groups is 2. The van der Waals surface area contributed by atoms with Crippen LogP contribution in [0, 0.1) is 18.3 Å². The van der Waals surface area contributed by atoms with Crippen molar-refractivity contribution >= 4 is 55.7 Å². The van der Waals surface area contributed by atoms with Crippen molar-refractivity contribution in [3.63, 3.8) is 0 Å². The molecule has 2 heterocycles. The first-order valence-corrected chi connectivity index (χ1v) is 11.9. The molecule has 0 radical (unpaired) electrons. The number of alkyl halides is 3. The van der Waals surface area contributed by atoms with Gasteiger partial charge in [0.2, 0.25) is 0 Å². The minimum Gasteiger partial charge on any atom is -0.319 e. The lowest BCUT2D eigenvalue weighted by Gasteiger charge is -2.16. The number of benzene rings is 1. The normalized spacial score (nSPS) is 12.3. The summed E-state index contributed by atoms with van der Waals surface area (Å²) in [6.07, 6.45) is -2.40. The monoisotopic (exact) mass is 572 g/mol. The predicted molar refractivity (Wildman–Crippen MR) is 123 cm³/mol. The molecule has 1 atom stereocenters. The van der Waals surface area contributed by atoms with E-state index in [1.54, 1.807) is 19.1 Å². The Labute approximate surface area is 207 Å². The van der Waals surface area contributed by atoms with Crippen LogP contribution in [0.3, 0.4) is 0 Å². The number of amides is 2. The third-order valence-electron chi connectivity index (χ3n) is 4.30. The average molecular weight is 574 g/mol. The number of nitriles is 1. The fourth-order valence-electron chi connectivity index (χ4n) is 2.82. The van der Waals surface area contributed by atoms with Gasteiger partial charge in [0, 0.05) is 17.2 Å². The summed E-state index contributed by atoms with van der Waals surface area (Å²) in [5.74, 6) is -2.77. The zero-order chi connectivity index (χ0) is 25.2. The molecule has 3 rings (SSSR count). The van der Waals surface area contributed by atoms with Gasteiger partial charge in [-0.15, -0.1) is 0 Å². The third kappa shape index (κ3) is 5.52. The highest BCUT2D eigenvalue weighted by molar-refractivity contribution is 9.10. The van der Waals surface area contributed by atoms with E-state index in [0.717, 1.165) is 0 Å². The third-order valence-corrected chi connectivity index (χ3v) is 6.38. The molecule has 14 heteroatoms. The number of pyridine rings is 1. The molecule has 3 aromatic rings. The summed E-state index contributed by atoms with van der Waals surface area (Å²) in [5, 5.41) is 16.3. The standard InChI is InChI=1S/C20H13BrClF3N6O2S/c1-10-6-11(9-26)7-14(34(2)30-19(33)20(23,24)25)16(10)28-18(32)13-8-15(21)29-31(13)17-12(22)4-3-5-27-17/h3-8H,1-2H3,(H,28,32). The maximum Gasteiger partial charge on any atom is 0.474 e. The highest BCUT2D eigenvalue weighted by atomic mass is 79.9. The number of anilines is 1. The number of rotatable bonds is 4. The van der Waals surface area contributed by atoms with Crippen LogP contribution in [0.25, 0.3) is 5.82 Å². The van der Waals surface area contributed by atoms with Crippen molar-refractivity contribution < 1.29 is 22.8 Å². The van der Waals surface area contributed by atoms with Crippen LogP contribution in [0.4, 0.5) is 18.9 Å². The summed E-state index contributed by atoms with van der Waals surface area (Å²) in [6.45, 7) is 1.56. The molecule has 1 aromatic carbocycles. The predicted octanol–water partition coefficient (Wildman–Crippen LogP) is 5.00. The number of aryl methyl sites for hydroxylation is 1. The molecule has 2 amide bonds. The first-order valence-electron chi connectivity index (χ1n) is 9.14. The van der Waals surface area contributed by atoms with E-state index < -0.39 is 28.7 Å². The zero-order valence-electron chi connectivity index (χ0n) is 17.3. The first kappa shape index (κ1) is 25.5. The van der Waals surface area contributed by atoms with Crippen molar-refractivity contribution in [2.24, 2.45) is 4.36 Å². The van der Waals surface area contributed by atoms with Gasteiger partial charge >= 0.3 is 12.1 Å². The Morgan fingerprint density at radius 1 is 1.32 bits per heavy atom. The van der Waals surface area contributed by atoms with E-state index in [0.29, 0.717) is 10.2 Å². The maximum atomic E-state index is 13.2. The smallest absolute Gasteiger partial charge is 0.319 e. The second-order valence-electron chi connectivity index (χ2n) is 6.68. The fraction of sp³-hybridized carbons (Fsp3) is 0.150. The van der Waals surface area contributed by atoms with E-state index in [-0.39, 0.29) is 32.7 Å². The fourth-order valence-corrected chi connectivity index (χ4v) is 4.66. The van der Waals surface area contributed by atoms with Gasteiger partial charge in [0.25, 0.3) is 5.91 Å². The number of nitrogens with zero attached hydrogens (tertiary/aromatic N) is 5. The van der Waals surface area contributed by atoms with Crippen LogP contribution in [0.15, 0.2) is 50.4 Å². The molecule has 1 unspecified atom stereocenters. The molecule has 2 aromatic heterocycles. The molecule has 8 nitrogen and oxygen atoms in total. The molecule has 1 N–H and O–H groups in total. The van der Waals surface area contributed by atoms with Crippen LogP contribution in [0.2, 0.25) is 5.02 Å². The SMILES string of the molecule is Cc1cc(C#N)cc(/S(C)=N/C(=O)C(F)(F)F)c1NC(=O)c1cc(Br)nn1-c1ncccc1Cl. The van der Waals surface area contributed by atoms with E-state index >= 15 is 0 Å². The van der Waals surface area contributed by atoms with Crippen molar-refractivity contribution in [1.82, 2.24) is 14.8 Å². The van der Waals surface area contributed by atoms with Gasteiger partial charge in [-0.2, -0.15) is 27.9 Å². The van der Waals surface area contributed by atoms with Crippen LogP contribution >= 0.6 is 27.5 Å². The van der Waals surface area contributed by atoms with Gasteiger partial charge < -0.3 is 5.32 Å². The first-order chi connectivity index (χ1) is 15.9. The molecule has 0 fully saturated rings. The molecule has 0 saturated carbocycles. The van der Waals surface area contributed by atoms with Crippen LogP contribution in [-0.2, 0) is 15.5 Å². The van der Waals surface area contributed by atoms with Crippen molar-refractivity contribution in [2.45, 2.75) is 18.0 Å². The number of hydrogen-bond donors (Lipinski definition) is 1. The van der Waals surface area contributed by atoms with E-state index in [9.17, 15) is 28.0 Å². The van der Waals surface area contributed by atoms with Gasteiger partial charge in [0.05, 0.1) is 22.3 Å². The van der Waals surface area contributed by atoms with E-state index in [4.69, 9.17) is 11.6 Å². The van der Waals surface area contributed by atoms with Crippen LogP contribution < -0.4 is 5.32 Å². The Hall–Kier alpha value is -3.08. The Morgan fingerprint density at radius 2 is 2.03 bits per heavy atom. The van der Waals surface area contributed by atoms with Gasteiger partial charge in [-0.05, 0) is 58.9 Å². The summed E-state index contributed by atoms with van der Waals surface area (Å²) in [4.78, 5) is 28.8. The van der Waals surface area contributed by atoms with Crippen molar-refractivity contribution in [3.8, 4) is 11.9 Å². The second-order valence-corrected chi connectivity index (χ2v) is 9.48. The van der Waals surface area contributed by atoms with Gasteiger partial charge in [-0.25, -0.2) is 9.67 Å². The molecule has 0 aliphatic heterocycles. The number of carbonyl (C=O) groups excluding carboxylic acids is 2. The summed E-state index contributed by atoms with van der Waals surface area (Å²) < 4.78 is 42.9. The molecule has 0 spiro atoms. The Balaban J connectivity index is 2.09. The molecule has 176 valence electrons. The summed E-state index contributed by atoms with van der Waals surface area (Å²) >= 11 is 9.38. The molecular weight excluding hydrogens is 561 g/mol. The highest BCUT2D eigenvalue weighted by Crippen LogP contribution is 2.29. The molecule has 0 saturated heterocycles. The van der Waals surface area contributed by atoms with E-state index in [1.807, 2.05) is 6.07 Å². The number of hydrogen-bond acceptors (Lipinski definition) is 5. The van der Waals surface area contributed by atoms with Crippen molar-refractivity contribution in [1.29, 1.82) is 5.26 Å². The van der Waals surface area contributed by atoms with Gasteiger partial charge in [-0.3, -0.25) is 9.59 Å². The molecule has 0 aliphatic rings. The lowest BCUT2D eigenvalue weighted by Crippen LogP contribution is -2.21. The number of aromatic nitrogens is 3. The Kier molecular flexibility index (Phi) is 7.54. The number of nitrogens with one attached hydrogen (secondary N) is 1. The summed E-state index contributed by atoms with van der Waals surface area (Å²) in [6, 6.07) is 9.20. The van der Waals surface area contributed by atoms with Gasteiger partial charge in [0.15, 0.2) is 5.82 Å². The second kappa shape index (κ2) is 10.0. The van der Waals surface area contributed by atoms with Crippen molar-refractivity contribution in [3.05, 3.63) is 63.0 Å². The minimum atomic E-state index is -5.15. The van der Waals surface area contributed by atoms with Gasteiger partial charge in [0.1, 0.15) is 10.3 Å². The summed E-state index contributed by atoms with van der Waals surface area (Å²) in [7, 11) is -1.63. The summed E-state index contributed by atoms with van der Waals surface area (Å²) in [5.41, 5.74) is 0.649. The minimum absolute atomic E-state index is 0.0153. The number of halogens is 5. The van der Waals surface area contributed by atoms with E-state index in [2.05, 4.69) is 35.7 Å². The highest BCUT2D eigenvalue weighted by Gasteiger charge is 2.39. The zero-order valence-corrected chi connectivity index (χ0v) is 20.5. The molecule has 34 heavy (non-hydrogen) atoms. The quantitative estimate of drug-likeness (QED) is 0.472. The average Bonchev–Trinajstić information content (AvgIpc) is 3.15. The van der Waals surface area contributed by atoms with E-state index in [1.165, 1.54) is 35.3 Å². The maximum absolute atomic E-state index is 13.2. The topological polar surface area (TPSA) is 113 Å². The lowest BCUT2D eigenvalue weighted by molar-refractivity contribution is -0.169.